The number of aliphatic hydroxyl groups is 1. The molecule has 1 fully saturated rings. The van der Waals surface area contributed by atoms with E-state index in [4.69, 9.17) is 14.2 Å². The Bertz CT molecular complexity index is 1190. The summed E-state index contributed by atoms with van der Waals surface area (Å²) in [7, 11) is 3.69. The molecular weight excluding hydrogens is 432 g/mol. The zero-order chi connectivity index (χ0) is 24.0. The minimum atomic E-state index is -0.623. The van der Waals surface area contributed by atoms with Gasteiger partial charge in [0.2, 0.25) is 6.79 Å². The summed E-state index contributed by atoms with van der Waals surface area (Å²) in [6.45, 7) is 8.65. The first-order valence-electron chi connectivity index (χ1n) is 12.3. The van der Waals surface area contributed by atoms with Crippen LogP contribution in [0.2, 0.25) is 0 Å². The molecule has 0 amide bonds. The molecule has 0 saturated carbocycles. The zero-order valence-electron chi connectivity index (χ0n) is 20.8. The molecular formula is C27H34N2O5. The maximum atomic E-state index is 11.8. The fourth-order valence-corrected chi connectivity index (χ4v) is 7.25. The number of phenolic OH excluding ortho intramolecular Hbond substituents is 1. The fraction of sp³-hybridized carbons (Fsp3) is 0.556. The van der Waals surface area contributed by atoms with E-state index >= 15 is 0 Å². The predicted molar refractivity (Wildman–Crippen MR) is 128 cm³/mol. The summed E-state index contributed by atoms with van der Waals surface area (Å²) < 4.78 is 17.5. The third-order valence-electron chi connectivity index (χ3n) is 8.88. The standard InChI is InChI=1S/C27H34N2O5/c1-7-17-21-16(13(3)14(4)25-26(21)34-11-33-25)10-18-22-20-15(8-12(2)24(32-6)23(20)30)9-19(28(22)5)27(31)29(17)18/h8,17-19,22,27,30-31H,7,9-11H2,1-6H3/t17-,18?,19+,22+,27-/m0/s1. The van der Waals surface area contributed by atoms with Crippen molar-refractivity contribution in [3.05, 3.63) is 45.0 Å². The summed E-state index contributed by atoms with van der Waals surface area (Å²) in [4.78, 5) is 4.57. The van der Waals surface area contributed by atoms with E-state index < -0.39 is 6.23 Å². The Labute approximate surface area is 200 Å². The Morgan fingerprint density at radius 3 is 2.50 bits per heavy atom. The lowest BCUT2D eigenvalue weighted by atomic mass is 9.72. The number of fused-ring (bicyclic) bond motifs is 9. The van der Waals surface area contributed by atoms with E-state index in [0.29, 0.717) is 12.2 Å². The lowest BCUT2D eigenvalue weighted by molar-refractivity contribution is -0.172. The number of rotatable bonds is 2. The molecule has 1 unspecified atom stereocenters. The number of aryl methyl sites for hydroxylation is 1. The number of ether oxygens (including phenoxy) is 3. The molecule has 2 bridgehead atoms. The largest absolute Gasteiger partial charge is 0.504 e. The first-order chi connectivity index (χ1) is 16.3. The summed E-state index contributed by atoms with van der Waals surface area (Å²) in [5.41, 5.74) is 7.80. The van der Waals surface area contributed by atoms with Gasteiger partial charge < -0.3 is 24.4 Å². The highest BCUT2D eigenvalue weighted by molar-refractivity contribution is 5.63. The van der Waals surface area contributed by atoms with Gasteiger partial charge in [0, 0.05) is 23.2 Å². The van der Waals surface area contributed by atoms with Crippen molar-refractivity contribution in [2.45, 2.75) is 77.4 Å². The number of piperazine rings is 1. The molecule has 2 aromatic carbocycles. The minimum absolute atomic E-state index is 0.00420. The third kappa shape index (κ3) is 2.63. The van der Waals surface area contributed by atoms with Crippen LogP contribution in [-0.4, -0.2) is 59.3 Å². The van der Waals surface area contributed by atoms with Crippen LogP contribution in [0.3, 0.4) is 0 Å². The van der Waals surface area contributed by atoms with Gasteiger partial charge in [-0.25, -0.2) is 0 Å². The number of likely N-dealkylation sites (N-methyl/N-ethyl adjacent to an activating group) is 1. The van der Waals surface area contributed by atoms with E-state index in [1.54, 1.807) is 7.11 Å². The summed E-state index contributed by atoms with van der Waals surface area (Å²) in [5, 5.41) is 23.2. The van der Waals surface area contributed by atoms with Gasteiger partial charge in [0.25, 0.3) is 0 Å². The highest BCUT2D eigenvalue weighted by atomic mass is 16.7. The minimum Gasteiger partial charge on any atom is -0.504 e. The number of hydrogen-bond acceptors (Lipinski definition) is 7. The summed E-state index contributed by atoms with van der Waals surface area (Å²) in [6, 6.07) is 2.02. The lowest BCUT2D eigenvalue weighted by Crippen LogP contribution is -2.68. The normalized spacial score (nSPS) is 29.4. The third-order valence-corrected chi connectivity index (χ3v) is 8.88. The van der Waals surface area contributed by atoms with Crippen LogP contribution in [-0.2, 0) is 12.8 Å². The van der Waals surface area contributed by atoms with E-state index in [2.05, 4.69) is 43.7 Å². The number of methoxy groups -OCH3 is 1. The molecule has 4 aliphatic rings. The molecule has 0 radical (unpaired) electrons. The van der Waals surface area contributed by atoms with Gasteiger partial charge in [-0.3, -0.25) is 9.80 Å². The van der Waals surface area contributed by atoms with E-state index in [0.717, 1.165) is 46.6 Å². The second kappa shape index (κ2) is 7.51. The fourth-order valence-electron chi connectivity index (χ4n) is 7.25. The van der Waals surface area contributed by atoms with Crippen LogP contribution in [0.15, 0.2) is 6.07 Å². The van der Waals surface area contributed by atoms with Gasteiger partial charge in [-0.05, 0) is 74.9 Å². The molecule has 0 aromatic heterocycles. The molecule has 7 heteroatoms. The van der Waals surface area contributed by atoms with Crippen LogP contribution < -0.4 is 14.2 Å². The molecule has 182 valence electrons. The van der Waals surface area contributed by atoms with Gasteiger partial charge in [0.05, 0.1) is 19.2 Å². The van der Waals surface area contributed by atoms with Crippen molar-refractivity contribution in [1.29, 1.82) is 0 Å². The first kappa shape index (κ1) is 22.0. The van der Waals surface area contributed by atoms with Crippen LogP contribution in [0, 0.1) is 20.8 Å². The number of aliphatic hydroxyl groups excluding tert-OH is 1. The molecule has 5 atom stereocenters. The van der Waals surface area contributed by atoms with E-state index in [1.165, 1.54) is 16.7 Å². The van der Waals surface area contributed by atoms with E-state index in [-0.39, 0.29) is 36.7 Å². The van der Waals surface area contributed by atoms with E-state index in [9.17, 15) is 10.2 Å². The van der Waals surface area contributed by atoms with Crippen LogP contribution in [0.1, 0.15) is 64.4 Å². The molecule has 4 heterocycles. The van der Waals surface area contributed by atoms with Crippen molar-refractivity contribution in [1.82, 2.24) is 9.80 Å². The van der Waals surface area contributed by atoms with Crippen molar-refractivity contribution >= 4 is 0 Å². The van der Waals surface area contributed by atoms with Gasteiger partial charge in [-0.2, -0.15) is 0 Å². The summed E-state index contributed by atoms with van der Waals surface area (Å²) in [5.74, 6) is 2.48. The maximum Gasteiger partial charge on any atom is 0.231 e. The van der Waals surface area contributed by atoms with Crippen LogP contribution >= 0.6 is 0 Å². The maximum absolute atomic E-state index is 11.8. The Balaban J connectivity index is 1.58. The molecule has 0 aliphatic carbocycles. The molecule has 2 aromatic rings. The molecule has 6 rings (SSSR count). The smallest absolute Gasteiger partial charge is 0.231 e. The van der Waals surface area contributed by atoms with Crippen molar-refractivity contribution in [2.24, 2.45) is 0 Å². The topological polar surface area (TPSA) is 74.6 Å². The number of phenols is 1. The lowest BCUT2D eigenvalue weighted by Gasteiger charge is -2.60. The van der Waals surface area contributed by atoms with Gasteiger partial charge in [0.1, 0.15) is 6.23 Å². The summed E-state index contributed by atoms with van der Waals surface area (Å²) >= 11 is 0. The van der Waals surface area contributed by atoms with Crippen LogP contribution in [0.4, 0.5) is 0 Å². The van der Waals surface area contributed by atoms with Crippen molar-refractivity contribution < 1.29 is 24.4 Å². The van der Waals surface area contributed by atoms with Crippen molar-refractivity contribution in [3.8, 4) is 23.0 Å². The molecule has 7 nitrogen and oxygen atoms in total. The zero-order valence-corrected chi connectivity index (χ0v) is 20.8. The van der Waals surface area contributed by atoms with E-state index in [1.807, 2.05) is 6.92 Å². The molecule has 2 N–H and O–H groups in total. The van der Waals surface area contributed by atoms with Gasteiger partial charge in [-0.1, -0.05) is 13.0 Å². The average Bonchev–Trinajstić information content (AvgIpc) is 3.30. The monoisotopic (exact) mass is 466 g/mol. The second-order valence-electron chi connectivity index (χ2n) is 10.3. The number of nitrogens with zero attached hydrogens (tertiary/aromatic N) is 2. The summed E-state index contributed by atoms with van der Waals surface area (Å²) in [6.07, 6.45) is 1.67. The number of benzene rings is 2. The van der Waals surface area contributed by atoms with Gasteiger partial charge in [-0.15, -0.1) is 0 Å². The first-order valence-corrected chi connectivity index (χ1v) is 12.3. The van der Waals surface area contributed by atoms with Crippen LogP contribution in [0.5, 0.6) is 23.0 Å². The molecule has 1 saturated heterocycles. The second-order valence-corrected chi connectivity index (χ2v) is 10.3. The molecule has 0 spiro atoms. The van der Waals surface area contributed by atoms with Crippen molar-refractivity contribution in [2.75, 3.05) is 21.0 Å². The number of hydrogen-bond donors (Lipinski definition) is 2. The van der Waals surface area contributed by atoms with Gasteiger partial charge >= 0.3 is 0 Å². The highest BCUT2D eigenvalue weighted by Crippen LogP contribution is 2.57. The highest BCUT2D eigenvalue weighted by Gasteiger charge is 2.55. The number of aromatic hydroxyl groups is 1. The Morgan fingerprint density at radius 1 is 1.06 bits per heavy atom. The Hall–Kier alpha value is -2.48. The van der Waals surface area contributed by atoms with Crippen molar-refractivity contribution in [3.63, 3.8) is 0 Å². The Kier molecular flexibility index (Phi) is 4.86. The quantitative estimate of drug-likeness (QED) is 0.700. The van der Waals surface area contributed by atoms with Gasteiger partial charge in [0.15, 0.2) is 23.0 Å². The van der Waals surface area contributed by atoms with Crippen LogP contribution in [0.25, 0.3) is 0 Å². The molecule has 34 heavy (non-hydrogen) atoms. The molecule has 4 aliphatic heterocycles. The predicted octanol–water partition coefficient (Wildman–Crippen LogP) is 3.66. The average molecular weight is 467 g/mol. The Morgan fingerprint density at radius 2 is 1.79 bits per heavy atom. The SMILES string of the molecule is CC[C@H]1c2c(c(C)c(C)c3c2OCO3)CC2[C@@H]3c4c(cc(C)c(OC)c4O)C[C@H]([C@H](O)N21)N3C.